The van der Waals surface area contributed by atoms with Crippen molar-refractivity contribution in [1.82, 2.24) is 4.90 Å². The lowest BCUT2D eigenvalue weighted by Crippen LogP contribution is -2.63. The fraction of sp³-hybridized carbons (Fsp3) is 0.278. The molecule has 5 nitrogen and oxygen atoms in total. The Kier molecular flexibility index (Phi) is 4.60. The second-order valence-electron chi connectivity index (χ2n) is 5.69. The second kappa shape index (κ2) is 6.99. The average molecular weight is 306 g/mol. The molecule has 0 aromatic heterocycles. The molecular formula is C18H18N4O. The van der Waals surface area contributed by atoms with Gasteiger partial charge in [-0.3, -0.25) is 4.79 Å². The summed E-state index contributed by atoms with van der Waals surface area (Å²) in [6, 6.07) is 19.4. The summed E-state index contributed by atoms with van der Waals surface area (Å²) in [4.78, 5) is 16.9. The number of hydrogen-bond donors (Lipinski definition) is 0. The molecule has 1 aliphatic rings. The van der Waals surface area contributed by atoms with Gasteiger partial charge in [0.15, 0.2) is 0 Å². The van der Waals surface area contributed by atoms with Gasteiger partial charge < -0.3 is 4.90 Å². The third kappa shape index (κ3) is 3.35. The summed E-state index contributed by atoms with van der Waals surface area (Å²) in [5.41, 5.74) is 11.0. The maximum absolute atomic E-state index is 12.2. The van der Waals surface area contributed by atoms with Crippen LogP contribution < -0.4 is 0 Å². The molecule has 2 atom stereocenters. The zero-order chi connectivity index (χ0) is 16.1. The van der Waals surface area contributed by atoms with E-state index in [1.54, 1.807) is 0 Å². The largest absolute Gasteiger partial charge is 0.334 e. The van der Waals surface area contributed by atoms with Gasteiger partial charge in [-0.25, -0.2) is 0 Å². The summed E-state index contributed by atoms with van der Waals surface area (Å²) in [7, 11) is 0. The Morgan fingerprint density at radius 3 is 2.22 bits per heavy atom. The van der Waals surface area contributed by atoms with Crippen molar-refractivity contribution in [2.24, 2.45) is 5.11 Å². The number of nitrogens with zero attached hydrogens (tertiary/aromatic N) is 4. The molecule has 0 bridgehead atoms. The predicted molar refractivity (Wildman–Crippen MR) is 88.5 cm³/mol. The van der Waals surface area contributed by atoms with Gasteiger partial charge in [0.25, 0.3) is 0 Å². The molecule has 2 aromatic carbocycles. The first-order valence-electron chi connectivity index (χ1n) is 7.72. The number of benzene rings is 2. The second-order valence-corrected chi connectivity index (χ2v) is 5.69. The topological polar surface area (TPSA) is 69.1 Å². The number of likely N-dealkylation sites (tertiary alicyclic amines) is 1. The molecule has 0 saturated carbocycles. The van der Waals surface area contributed by atoms with E-state index in [1.807, 2.05) is 53.4 Å². The van der Waals surface area contributed by atoms with Crippen molar-refractivity contribution < 1.29 is 4.79 Å². The molecule has 1 amide bonds. The molecule has 3 rings (SSSR count). The fourth-order valence-corrected chi connectivity index (χ4v) is 3.02. The SMILES string of the molecule is [N-]=[N+]=N[C@H]1C(=O)N(Cc2ccccc2)[C@@H]1CCc1ccccc1. The van der Waals surface area contributed by atoms with Crippen molar-refractivity contribution in [3.63, 3.8) is 0 Å². The van der Waals surface area contributed by atoms with Crippen molar-refractivity contribution in [2.75, 3.05) is 0 Å². The first-order chi connectivity index (χ1) is 11.3. The normalized spacial score (nSPS) is 19.8. The molecule has 0 unspecified atom stereocenters. The van der Waals surface area contributed by atoms with E-state index in [0.717, 1.165) is 18.4 Å². The van der Waals surface area contributed by atoms with Crippen LogP contribution in [0.3, 0.4) is 0 Å². The van der Waals surface area contributed by atoms with Crippen LogP contribution in [0.5, 0.6) is 0 Å². The van der Waals surface area contributed by atoms with Crippen LogP contribution in [0, 0.1) is 0 Å². The quantitative estimate of drug-likeness (QED) is 0.347. The van der Waals surface area contributed by atoms with E-state index in [2.05, 4.69) is 22.2 Å². The van der Waals surface area contributed by atoms with E-state index in [0.29, 0.717) is 6.54 Å². The molecule has 23 heavy (non-hydrogen) atoms. The Bertz CT molecular complexity index is 710. The van der Waals surface area contributed by atoms with Gasteiger partial charge in [0.1, 0.15) is 6.04 Å². The molecule has 1 aliphatic heterocycles. The average Bonchev–Trinajstić information content (AvgIpc) is 2.61. The van der Waals surface area contributed by atoms with E-state index in [1.165, 1.54) is 5.56 Å². The standard InChI is InChI=1S/C18H18N4O/c19-21-20-17-16(12-11-14-7-3-1-4-8-14)22(18(17)23)13-15-9-5-2-6-10-15/h1-10,16-17H,11-13H2/t16-,17-/m1/s1. The highest BCUT2D eigenvalue weighted by Gasteiger charge is 2.45. The van der Waals surface area contributed by atoms with Gasteiger partial charge in [-0.1, -0.05) is 65.8 Å². The molecule has 0 aliphatic carbocycles. The molecule has 1 saturated heterocycles. The van der Waals surface area contributed by atoms with E-state index >= 15 is 0 Å². The number of carbonyl (C=O) groups is 1. The van der Waals surface area contributed by atoms with Crippen molar-refractivity contribution >= 4 is 5.91 Å². The fourth-order valence-electron chi connectivity index (χ4n) is 3.02. The van der Waals surface area contributed by atoms with Gasteiger partial charge in [-0.2, -0.15) is 0 Å². The van der Waals surface area contributed by atoms with Crippen molar-refractivity contribution in [3.8, 4) is 0 Å². The molecule has 1 heterocycles. The van der Waals surface area contributed by atoms with Gasteiger partial charge >= 0.3 is 0 Å². The highest BCUT2D eigenvalue weighted by atomic mass is 16.2. The molecule has 0 N–H and O–H groups in total. The Balaban J connectivity index is 1.70. The van der Waals surface area contributed by atoms with Crippen LogP contribution in [0.15, 0.2) is 65.8 Å². The Morgan fingerprint density at radius 1 is 1.00 bits per heavy atom. The summed E-state index contributed by atoms with van der Waals surface area (Å²) in [6.07, 6.45) is 1.66. The Labute approximate surface area is 135 Å². The summed E-state index contributed by atoms with van der Waals surface area (Å²) >= 11 is 0. The lowest BCUT2D eigenvalue weighted by molar-refractivity contribution is -0.150. The summed E-state index contributed by atoms with van der Waals surface area (Å²) in [5, 5.41) is 3.69. The van der Waals surface area contributed by atoms with Crippen LogP contribution in [0.2, 0.25) is 0 Å². The van der Waals surface area contributed by atoms with Crippen LogP contribution >= 0.6 is 0 Å². The maximum Gasteiger partial charge on any atom is 0.234 e. The lowest BCUT2D eigenvalue weighted by atomic mass is 9.89. The molecule has 0 radical (unpaired) electrons. The summed E-state index contributed by atoms with van der Waals surface area (Å²) in [6.45, 7) is 0.566. The van der Waals surface area contributed by atoms with E-state index < -0.39 is 6.04 Å². The zero-order valence-electron chi connectivity index (χ0n) is 12.7. The molecule has 116 valence electrons. The number of amides is 1. The van der Waals surface area contributed by atoms with Crippen molar-refractivity contribution in [3.05, 3.63) is 82.2 Å². The Hall–Kier alpha value is -2.78. The maximum atomic E-state index is 12.2. The zero-order valence-corrected chi connectivity index (χ0v) is 12.7. The third-order valence-corrected chi connectivity index (χ3v) is 4.24. The van der Waals surface area contributed by atoms with E-state index in [9.17, 15) is 4.79 Å². The van der Waals surface area contributed by atoms with Gasteiger partial charge in [0.05, 0.1) is 0 Å². The number of rotatable bonds is 6. The van der Waals surface area contributed by atoms with Gasteiger partial charge in [-0.05, 0) is 29.5 Å². The molecule has 0 spiro atoms. The number of aryl methyl sites for hydroxylation is 1. The van der Waals surface area contributed by atoms with Crippen LogP contribution in [0.1, 0.15) is 17.5 Å². The molecule has 5 heteroatoms. The number of azide groups is 1. The van der Waals surface area contributed by atoms with Crippen LogP contribution in [-0.4, -0.2) is 22.9 Å². The third-order valence-electron chi connectivity index (χ3n) is 4.24. The molecule has 2 aromatic rings. The monoisotopic (exact) mass is 306 g/mol. The summed E-state index contributed by atoms with van der Waals surface area (Å²) in [5.74, 6) is -0.0790. The minimum Gasteiger partial charge on any atom is -0.334 e. The van der Waals surface area contributed by atoms with E-state index in [4.69, 9.17) is 5.53 Å². The minimum absolute atomic E-state index is 0.0289. The highest BCUT2D eigenvalue weighted by Crippen LogP contribution is 2.29. The Morgan fingerprint density at radius 2 is 1.61 bits per heavy atom. The summed E-state index contributed by atoms with van der Waals surface area (Å²) < 4.78 is 0. The molecular weight excluding hydrogens is 288 g/mol. The highest BCUT2D eigenvalue weighted by molar-refractivity contribution is 5.89. The lowest BCUT2D eigenvalue weighted by Gasteiger charge is -2.45. The number of hydrogen-bond acceptors (Lipinski definition) is 2. The van der Waals surface area contributed by atoms with Crippen LogP contribution in [0.4, 0.5) is 0 Å². The predicted octanol–water partition coefficient (Wildman–Crippen LogP) is 3.71. The minimum atomic E-state index is -0.563. The first kappa shape index (κ1) is 15.1. The van der Waals surface area contributed by atoms with Crippen LogP contribution in [-0.2, 0) is 17.8 Å². The van der Waals surface area contributed by atoms with Crippen molar-refractivity contribution in [2.45, 2.75) is 31.5 Å². The van der Waals surface area contributed by atoms with Gasteiger partial charge in [-0.15, -0.1) is 0 Å². The number of β-lactam (4-membered cyclic amide) rings is 1. The smallest absolute Gasteiger partial charge is 0.234 e. The first-order valence-corrected chi connectivity index (χ1v) is 7.72. The van der Waals surface area contributed by atoms with Crippen molar-refractivity contribution in [1.29, 1.82) is 0 Å². The van der Waals surface area contributed by atoms with Crippen LogP contribution in [0.25, 0.3) is 10.4 Å². The van der Waals surface area contributed by atoms with Gasteiger partial charge in [0.2, 0.25) is 5.91 Å². The van der Waals surface area contributed by atoms with Gasteiger partial charge in [0, 0.05) is 17.5 Å². The molecule has 1 fully saturated rings. The number of carbonyl (C=O) groups excluding carboxylic acids is 1. The van der Waals surface area contributed by atoms with E-state index in [-0.39, 0.29) is 11.9 Å².